The molecule has 2 amide bonds. The smallest absolute Gasteiger partial charge is 0.309 e. The molecule has 0 radical (unpaired) electrons. The lowest BCUT2D eigenvalue weighted by molar-refractivity contribution is -0.0979. The van der Waals surface area contributed by atoms with E-state index in [9.17, 15) is 0 Å². The summed E-state index contributed by atoms with van der Waals surface area (Å²) in [5, 5.41) is 0. The van der Waals surface area contributed by atoms with Crippen molar-refractivity contribution in [2.75, 3.05) is 0 Å². The van der Waals surface area contributed by atoms with E-state index in [0.717, 1.165) is 0 Å². The fourth-order valence-corrected chi connectivity index (χ4v) is 0. The van der Waals surface area contributed by atoms with E-state index in [1.165, 1.54) is 0 Å². The third-order valence-electron chi connectivity index (χ3n) is 0. The predicted octanol–water partition coefficient (Wildman–Crippen LogP) is -1.05. The molecule has 0 saturated carbocycles. The summed E-state index contributed by atoms with van der Waals surface area (Å²) in [7, 11) is 0. The largest absolute Gasteiger partial charge is 0.352 e. The zero-order valence-corrected chi connectivity index (χ0v) is 4.68. The van der Waals surface area contributed by atoms with Crippen LogP contribution in [0.1, 0.15) is 0 Å². The van der Waals surface area contributed by atoms with E-state index in [4.69, 9.17) is 9.59 Å². The highest BCUT2D eigenvalue weighted by molar-refractivity contribution is 7.59. The van der Waals surface area contributed by atoms with Gasteiger partial charge in [-0.1, -0.05) is 0 Å². The van der Waals surface area contributed by atoms with Gasteiger partial charge in [0.15, 0.2) is 0 Å². The van der Waals surface area contributed by atoms with Gasteiger partial charge in [-0.05, 0) is 0 Å². The molecule has 0 bridgehead atoms. The van der Waals surface area contributed by atoms with Gasteiger partial charge in [0.1, 0.15) is 6.79 Å². The second kappa shape index (κ2) is 18.6. The lowest BCUT2D eigenvalue weighted by Crippen LogP contribution is -2.18. The van der Waals surface area contributed by atoms with Crippen LogP contribution in [0.4, 0.5) is 4.79 Å². The first-order valence-corrected chi connectivity index (χ1v) is 1.07. The summed E-state index contributed by atoms with van der Waals surface area (Å²) in [4.78, 5) is 17.0. The maximum absolute atomic E-state index is 9.00. The average molecular weight is 124 g/mol. The molecule has 7 heavy (non-hydrogen) atoms. The van der Waals surface area contributed by atoms with Gasteiger partial charge in [0, 0.05) is 0 Å². The van der Waals surface area contributed by atoms with E-state index in [2.05, 4.69) is 11.5 Å². The number of rotatable bonds is 0. The van der Waals surface area contributed by atoms with Crippen molar-refractivity contribution in [1.29, 1.82) is 0 Å². The SMILES string of the molecule is C=O.NC(N)=O.S. The Bertz CT molecular complexity index is 45.0. The number of amides is 2. The number of hydrogen-bond acceptors (Lipinski definition) is 2. The highest BCUT2D eigenvalue weighted by Crippen LogP contribution is 1.25. The zero-order chi connectivity index (χ0) is 5.58. The highest BCUT2D eigenvalue weighted by Gasteiger charge is 1.60. The van der Waals surface area contributed by atoms with Gasteiger partial charge in [-0.15, -0.1) is 0 Å². The summed E-state index contributed by atoms with van der Waals surface area (Å²) in [6.07, 6.45) is 0. The molecule has 0 aromatic carbocycles. The maximum atomic E-state index is 9.00. The Hall–Kier alpha value is -0.710. The third kappa shape index (κ3) is 114. The van der Waals surface area contributed by atoms with Gasteiger partial charge in [-0.3, -0.25) is 0 Å². The van der Waals surface area contributed by atoms with E-state index in [0.29, 0.717) is 0 Å². The molecule has 0 aromatic heterocycles. The molecule has 0 fully saturated rings. The first-order chi connectivity index (χ1) is 2.73. The summed E-state index contributed by atoms with van der Waals surface area (Å²) < 4.78 is 0. The van der Waals surface area contributed by atoms with Crippen molar-refractivity contribution in [2.45, 2.75) is 0 Å². The molecule has 0 rings (SSSR count). The quantitative estimate of drug-likeness (QED) is 0.431. The predicted molar refractivity (Wildman–Crippen MR) is 31.3 cm³/mol. The Kier molecular flexibility index (Phi) is 43.1. The van der Waals surface area contributed by atoms with Gasteiger partial charge in [0.05, 0.1) is 0 Å². The van der Waals surface area contributed by atoms with E-state index in [1.54, 1.807) is 0 Å². The van der Waals surface area contributed by atoms with Gasteiger partial charge in [0.2, 0.25) is 0 Å². The van der Waals surface area contributed by atoms with Gasteiger partial charge in [-0.2, -0.15) is 13.5 Å². The first-order valence-electron chi connectivity index (χ1n) is 1.07. The van der Waals surface area contributed by atoms with Crippen molar-refractivity contribution >= 4 is 26.3 Å². The fourth-order valence-electron chi connectivity index (χ4n) is 0. The molecule has 0 aromatic rings. The van der Waals surface area contributed by atoms with Crippen LogP contribution in [0.3, 0.4) is 0 Å². The molecule has 0 atom stereocenters. The standard InChI is InChI=1S/CH4N2O.CH2O.H2S/c2-1(3)4;1-2;/h(H4,2,3,4);1H2;1H2. The van der Waals surface area contributed by atoms with Gasteiger partial charge < -0.3 is 16.3 Å². The Balaban J connectivity index is -0.0000000480. The van der Waals surface area contributed by atoms with E-state index in [-0.39, 0.29) is 13.5 Å². The molecular formula is C2H8N2O2S. The summed E-state index contributed by atoms with van der Waals surface area (Å²) in [5.41, 5.74) is 8.50. The van der Waals surface area contributed by atoms with Crippen LogP contribution in [0.15, 0.2) is 0 Å². The number of urea groups is 1. The van der Waals surface area contributed by atoms with Crippen molar-refractivity contribution in [3.05, 3.63) is 0 Å². The van der Waals surface area contributed by atoms with E-state index < -0.39 is 6.03 Å². The molecule has 4 N–H and O–H groups in total. The number of carbonyl (C=O) groups excluding carboxylic acids is 2. The van der Waals surface area contributed by atoms with Crippen molar-refractivity contribution in [3.63, 3.8) is 0 Å². The summed E-state index contributed by atoms with van der Waals surface area (Å²) in [6.45, 7) is 2.00. The number of hydrogen-bond donors (Lipinski definition) is 2. The van der Waals surface area contributed by atoms with Crippen molar-refractivity contribution in [3.8, 4) is 0 Å². The number of nitrogens with two attached hydrogens (primary N) is 2. The van der Waals surface area contributed by atoms with Gasteiger partial charge in [-0.25, -0.2) is 4.79 Å². The molecule has 0 unspecified atom stereocenters. The fraction of sp³-hybridized carbons (Fsp3) is 0. The molecule has 0 saturated heterocycles. The Morgan fingerprint density at radius 1 is 1.29 bits per heavy atom. The molecule has 44 valence electrons. The monoisotopic (exact) mass is 124 g/mol. The molecular weight excluding hydrogens is 116 g/mol. The van der Waals surface area contributed by atoms with E-state index in [1.807, 2.05) is 6.79 Å². The molecule has 0 aliphatic carbocycles. The Morgan fingerprint density at radius 3 is 1.29 bits per heavy atom. The van der Waals surface area contributed by atoms with Gasteiger partial charge >= 0.3 is 6.03 Å². The first kappa shape index (κ1) is 16.3. The summed E-state index contributed by atoms with van der Waals surface area (Å²) >= 11 is 0. The Morgan fingerprint density at radius 2 is 1.29 bits per heavy atom. The van der Waals surface area contributed by atoms with Crippen molar-refractivity contribution in [1.82, 2.24) is 0 Å². The lowest BCUT2D eigenvalue weighted by Gasteiger charge is -1.62. The molecule has 0 spiro atoms. The molecule has 0 aliphatic heterocycles. The van der Waals surface area contributed by atoms with Crippen molar-refractivity contribution < 1.29 is 9.59 Å². The molecule has 4 nitrogen and oxygen atoms in total. The normalized spacial score (nSPS) is 4.00. The molecule has 5 heteroatoms. The highest BCUT2D eigenvalue weighted by atomic mass is 32.1. The van der Waals surface area contributed by atoms with E-state index >= 15 is 0 Å². The van der Waals surface area contributed by atoms with Crippen LogP contribution in [0, 0.1) is 0 Å². The van der Waals surface area contributed by atoms with Crippen LogP contribution in [0.5, 0.6) is 0 Å². The summed E-state index contributed by atoms with van der Waals surface area (Å²) in [6, 6.07) is -0.833. The second-order valence-corrected chi connectivity index (χ2v) is 0.402. The lowest BCUT2D eigenvalue weighted by atomic mass is 11.2. The summed E-state index contributed by atoms with van der Waals surface area (Å²) in [5.74, 6) is 0. The van der Waals surface area contributed by atoms with Crippen LogP contribution in [-0.2, 0) is 4.79 Å². The average Bonchev–Trinajstić information content (AvgIpc) is 1.41. The Labute approximate surface area is 48.3 Å². The number of carbonyl (C=O) groups is 2. The molecule has 0 aliphatic rings. The second-order valence-electron chi connectivity index (χ2n) is 0.402. The van der Waals surface area contributed by atoms with Crippen LogP contribution in [0.25, 0.3) is 0 Å². The maximum Gasteiger partial charge on any atom is 0.309 e. The minimum absolute atomic E-state index is 0. The van der Waals surface area contributed by atoms with Gasteiger partial charge in [0.25, 0.3) is 0 Å². The van der Waals surface area contributed by atoms with Crippen molar-refractivity contribution in [2.24, 2.45) is 11.5 Å². The topological polar surface area (TPSA) is 86.2 Å². The zero-order valence-electron chi connectivity index (χ0n) is 3.68. The molecule has 0 heterocycles. The van der Waals surface area contributed by atoms with Crippen LogP contribution in [-0.4, -0.2) is 12.8 Å². The third-order valence-corrected chi connectivity index (χ3v) is 0. The number of primary amides is 2. The minimum atomic E-state index is -0.833. The van der Waals surface area contributed by atoms with Crippen LogP contribution in [0.2, 0.25) is 0 Å². The van der Waals surface area contributed by atoms with Crippen LogP contribution < -0.4 is 11.5 Å². The minimum Gasteiger partial charge on any atom is -0.352 e. The van der Waals surface area contributed by atoms with Crippen LogP contribution >= 0.6 is 13.5 Å².